The molecular weight excluding hydrogens is 151 g/mol. The number of hydrogen-bond donors (Lipinski definition) is 0. The molecule has 63 valence electrons. The Morgan fingerprint density at radius 2 is 1.75 bits per heavy atom. The van der Waals surface area contributed by atoms with E-state index in [9.17, 15) is 4.39 Å². The number of hydrogen-bond acceptors (Lipinski definition) is 0. The molecule has 0 aliphatic rings. The van der Waals surface area contributed by atoms with E-state index in [0.717, 1.165) is 5.56 Å². The van der Waals surface area contributed by atoms with E-state index in [2.05, 4.69) is 0 Å². The van der Waals surface area contributed by atoms with Gasteiger partial charge in [0.2, 0.25) is 0 Å². The first-order valence-corrected chi connectivity index (χ1v) is 3.92. The minimum absolute atomic E-state index is 0.190. The molecule has 1 rings (SSSR count). The molecular formula is C11H12F. The Labute approximate surface area is 72.7 Å². The molecule has 12 heavy (non-hydrogen) atoms. The van der Waals surface area contributed by atoms with E-state index in [1.807, 2.05) is 26.3 Å². The first-order chi connectivity index (χ1) is 5.68. The Kier molecular flexibility index (Phi) is 3.03. The SMILES string of the molecule is CC(C)=C[CH]c1ccc(F)cc1. The summed E-state index contributed by atoms with van der Waals surface area (Å²) in [6.45, 7) is 4.06. The van der Waals surface area contributed by atoms with Gasteiger partial charge in [0.05, 0.1) is 0 Å². The van der Waals surface area contributed by atoms with Crippen molar-refractivity contribution in [1.82, 2.24) is 0 Å². The first kappa shape index (κ1) is 8.98. The summed E-state index contributed by atoms with van der Waals surface area (Å²) < 4.78 is 12.5. The Morgan fingerprint density at radius 3 is 2.25 bits per heavy atom. The summed E-state index contributed by atoms with van der Waals surface area (Å²) in [6, 6.07) is 6.44. The molecule has 0 unspecified atom stereocenters. The van der Waals surface area contributed by atoms with Crippen LogP contribution in [0, 0.1) is 12.2 Å². The minimum Gasteiger partial charge on any atom is -0.207 e. The Hall–Kier alpha value is -1.11. The Balaban J connectivity index is 2.65. The molecule has 0 heterocycles. The summed E-state index contributed by atoms with van der Waals surface area (Å²) in [5, 5.41) is 0. The van der Waals surface area contributed by atoms with Gasteiger partial charge in [0.1, 0.15) is 5.82 Å². The van der Waals surface area contributed by atoms with Crippen molar-refractivity contribution in [2.75, 3.05) is 0 Å². The van der Waals surface area contributed by atoms with Crippen LogP contribution in [0.5, 0.6) is 0 Å². The standard InChI is InChI=1S/C11H12F/c1-9(2)3-4-10-5-7-11(12)8-6-10/h3-8H,1-2H3. The van der Waals surface area contributed by atoms with Crippen molar-refractivity contribution >= 4 is 0 Å². The zero-order chi connectivity index (χ0) is 8.97. The average molecular weight is 163 g/mol. The highest BCUT2D eigenvalue weighted by Crippen LogP contribution is 2.06. The quantitative estimate of drug-likeness (QED) is 0.627. The van der Waals surface area contributed by atoms with Gasteiger partial charge in [-0.2, -0.15) is 0 Å². The fourth-order valence-corrected chi connectivity index (χ4v) is 0.837. The molecule has 0 aliphatic carbocycles. The molecule has 1 heteroatoms. The van der Waals surface area contributed by atoms with Gasteiger partial charge in [0, 0.05) is 6.42 Å². The van der Waals surface area contributed by atoms with E-state index in [-0.39, 0.29) is 5.82 Å². The van der Waals surface area contributed by atoms with Crippen LogP contribution in [0.3, 0.4) is 0 Å². The van der Waals surface area contributed by atoms with Crippen LogP contribution >= 0.6 is 0 Å². The van der Waals surface area contributed by atoms with Gasteiger partial charge in [0.25, 0.3) is 0 Å². The lowest BCUT2D eigenvalue weighted by Gasteiger charge is -1.95. The molecule has 0 spiro atoms. The number of halogens is 1. The van der Waals surface area contributed by atoms with E-state index in [0.29, 0.717) is 0 Å². The molecule has 0 aliphatic heterocycles. The van der Waals surface area contributed by atoms with Gasteiger partial charge in [-0.25, -0.2) is 4.39 Å². The number of benzene rings is 1. The van der Waals surface area contributed by atoms with Crippen LogP contribution in [0.15, 0.2) is 35.9 Å². The maximum absolute atomic E-state index is 12.5. The lowest BCUT2D eigenvalue weighted by molar-refractivity contribution is 0.627. The second-order valence-corrected chi connectivity index (χ2v) is 2.96. The zero-order valence-electron chi connectivity index (χ0n) is 7.34. The number of rotatable bonds is 2. The fourth-order valence-electron chi connectivity index (χ4n) is 0.837. The third-order valence-corrected chi connectivity index (χ3v) is 1.48. The second-order valence-electron chi connectivity index (χ2n) is 2.96. The van der Waals surface area contributed by atoms with Crippen molar-refractivity contribution in [3.63, 3.8) is 0 Å². The topological polar surface area (TPSA) is 0 Å². The summed E-state index contributed by atoms with van der Waals surface area (Å²) in [6.07, 6.45) is 3.97. The molecule has 1 aromatic rings. The predicted octanol–water partition coefficient (Wildman–Crippen LogP) is 3.34. The highest BCUT2D eigenvalue weighted by molar-refractivity contribution is 5.29. The van der Waals surface area contributed by atoms with Gasteiger partial charge in [-0.15, -0.1) is 0 Å². The maximum atomic E-state index is 12.5. The van der Waals surface area contributed by atoms with Crippen LogP contribution < -0.4 is 0 Å². The van der Waals surface area contributed by atoms with E-state index in [1.54, 1.807) is 12.1 Å². The zero-order valence-corrected chi connectivity index (χ0v) is 7.34. The van der Waals surface area contributed by atoms with Crippen molar-refractivity contribution in [2.24, 2.45) is 0 Å². The van der Waals surface area contributed by atoms with E-state index in [4.69, 9.17) is 0 Å². The van der Waals surface area contributed by atoms with E-state index in [1.165, 1.54) is 17.7 Å². The third kappa shape index (κ3) is 2.87. The highest BCUT2D eigenvalue weighted by Gasteiger charge is 1.91. The molecule has 0 bridgehead atoms. The summed E-state index contributed by atoms with van der Waals surface area (Å²) in [5.41, 5.74) is 2.26. The summed E-state index contributed by atoms with van der Waals surface area (Å²) in [5.74, 6) is -0.190. The van der Waals surface area contributed by atoms with Crippen molar-refractivity contribution in [3.8, 4) is 0 Å². The van der Waals surface area contributed by atoms with Crippen LogP contribution in [-0.2, 0) is 0 Å². The second kappa shape index (κ2) is 4.05. The van der Waals surface area contributed by atoms with E-state index >= 15 is 0 Å². The van der Waals surface area contributed by atoms with Gasteiger partial charge >= 0.3 is 0 Å². The molecule has 1 radical (unpaired) electrons. The van der Waals surface area contributed by atoms with Gasteiger partial charge in [-0.3, -0.25) is 0 Å². The van der Waals surface area contributed by atoms with Crippen molar-refractivity contribution in [1.29, 1.82) is 0 Å². The summed E-state index contributed by atoms with van der Waals surface area (Å²) in [4.78, 5) is 0. The van der Waals surface area contributed by atoms with Crippen LogP contribution in [0.25, 0.3) is 0 Å². The minimum atomic E-state index is -0.190. The molecule has 1 aromatic carbocycles. The monoisotopic (exact) mass is 163 g/mol. The van der Waals surface area contributed by atoms with Gasteiger partial charge in [0.15, 0.2) is 0 Å². The largest absolute Gasteiger partial charge is 0.207 e. The third-order valence-electron chi connectivity index (χ3n) is 1.48. The lowest BCUT2D eigenvalue weighted by atomic mass is 10.1. The Bertz CT molecular complexity index is 266. The highest BCUT2D eigenvalue weighted by atomic mass is 19.1. The first-order valence-electron chi connectivity index (χ1n) is 3.92. The molecule has 0 atom stereocenters. The average Bonchev–Trinajstić information content (AvgIpc) is 2.03. The van der Waals surface area contributed by atoms with Crippen LogP contribution in [0.1, 0.15) is 19.4 Å². The summed E-state index contributed by atoms with van der Waals surface area (Å²) in [7, 11) is 0. The van der Waals surface area contributed by atoms with Crippen molar-refractivity contribution < 1.29 is 4.39 Å². The molecule has 0 aromatic heterocycles. The van der Waals surface area contributed by atoms with Gasteiger partial charge < -0.3 is 0 Å². The lowest BCUT2D eigenvalue weighted by Crippen LogP contribution is -1.79. The van der Waals surface area contributed by atoms with Crippen LogP contribution in [0.2, 0.25) is 0 Å². The molecule has 0 fully saturated rings. The molecule has 0 saturated heterocycles. The summed E-state index contributed by atoms with van der Waals surface area (Å²) >= 11 is 0. The normalized spacial score (nSPS) is 9.58. The molecule has 0 nitrogen and oxygen atoms in total. The fraction of sp³-hybridized carbons (Fsp3) is 0.182. The van der Waals surface area contributed by atoms with Crippen LogP contribution in [0.4, 0.5) is 4.39 Å². The van der Waals surface area contributed by atoms with Crippen molar-refractivity contribution in [3.05, 3.63) is 53.7 Å². The van der Waals surface area contributed by atoms with Crippen LogP contribution in [-0.4, -0.2) is 0 Å². The van der Waals surface area contributed by atoms with Crippen molar-refractivity contribution in [2.45, 2.75) is 13.8 Å². The smallest absolute Gasteiger partial charge is 0.123 e. The number of allylic oxidation sites excluding steroid dienone is 2. The Morgan fingerprint density at radius 1 is 1.17 bits per heavy atom. The molecule has 0 amide bonds. The van der Waals surface area contributed by atoms with Gasteiger partial charge in [-0.1, -0.05) is 23.8 Å². The van der Waals surface area contributed by atoms with Gasteiger partial charge in [-0.05, 0) is 31.5 Å². The van der Waals surface area contributed by atoms with E-state index < -0.39 is 0 Å². The molecule has 0 saturated carbocycles. The predicted molar refractivity (Wildman–Crippen MR) is 49.2 cm³/mol. The maximum Gasteiger partial charge on any atom is 0.123 e. The molecule has 0 N–H and O–H groups in total.